The Morgan fingerprint density at radius 3 is 2.80 bits per heavy atom. The van der Waals surface area contributed by atoms with E-state index in [2.05, 4.69) is 20.4 Å². The van der Waals surface area contributed by atoms with Crippen molar-refractivity contribution in [1.29, 1.82) is 0 Å². The molecule has 1 amide bonds. The van der Waals surface area contributed by atoms with Gasteiger partial charge in [-0.05, 0) is 43.4 Å². The minimum Gasteiger partial charge on any atom is -0.416 e. The standard InChI is InChI=1S/C20H27NO4/c1-5-17(3)9-20(25-16(21)23)18(4)10(2)6-7-19-8-11(12(19)15(17)22)13(24-20)14(18)19/h5,10-14H,1,6-9H2,2-4H3,(H2,21,23)/t10-,11?,12+,13-,14-,17-,18-,19+,20+/m1/s1. The van der Waals surface area contributed by atoms with Crippen LogP contribution in [0.2, 0.25) is 0 Å². The average molecular weight is 345 g/mol. The second kappa shape index (κ2) is 4.13. The van der Waals surface area contributed by atoms with E-state index in [1.165, 1.54) is 0 Å². The molecule has 6 fully saturated rings. The maximum atomic E-state index is 13.5. The Labute approximate surface area is 148 Å². The van der Waals surface area contributed by atoms with E-state index in [-0.39, 0.29) is 40.5 Å². The van der Waals surface area contributed by atoms with Gasteiger partial charge in [-0.15, -0.1) is 6.58 Å². The number of fused-ring (bicyclic) bond motifs is 2. The summed E-state index contributed by atoms with van der Waals surface area (Å²) in [6, 6.07) is 0. The van der Waals surface area contributed by atoms with Gasteiger partial charge >= 0.3 is 6.09 Å². The monoisotopic (exact) mass is 345 g/mol. The zero-order valence-electron chi connectivity index (χ0n) is 15.2. The van der Waals surface area contributed by atoms with Crippen molar-refractivity contribution in [1.82, 2.24) is 0 Å². The number of allylic oxidation sites excluding steroid dienone is 1. The molecule has 136 valence electrons. The van der Waals surface area contributed by atoms with E-state index in [1.54, 1.807) is 6.08 Å². The normalized spacial score (nSPS) is 60.6. The number of ketones is 1. The van der Waals surface area contributed by atoms with Crippen LogP contribution in [-0.4, -0.2) is 23.8 Å². The highest BCUT2D eigenvalue weighted by Gasteiger charge is 2.86. The van der Waals surface area contributed by atoms with Gasteiger partial charge in [-0.1, -0.05) is 19.9 Å². The van der Waals surface area contributed by atoms with Gasteiger partial charge in [0.25, 0.3) is 0 Å². The van der Waals surface area contributed by atoms with Gasteiger partial charge in [-0.2, -0.15) is 0 Å². The number of rotatable bonds is 2. The van der Waals surface area contributed by atoms with Gasteiger partial charge in [-0.3, -0.25) is 4.79 Å². The first-order chi connectivity index (χ1) is 11.7. The van der Waals surface area contributed by atoms with Crippen molar-refractivity contribution < 1.29 is 19.1 Å². The van der Waals surface area contributed by atoms with Crippen LogP contribution in [0.5, 0.6) is 0 Å². The Balaban J connectivity index is 1.78. The van der Waals surface area contributed by atoms with Crippen LogP contribution in [-0.2, 0) is 14.3 Å². The number of Topliss-reactive ketones (excluding diaryl/α,β-unsaturated/α-hetero) is 1. The molecule has 2 aliphatic heterocycles. The number of amides is 1. The predicted octanol–water partition coefficient (Wildman–Crippen LogP) is 3.03. The summed E-state index contributed by atoms with van der Waals surface area (Å²) in [5.74, 6) is 0.0704. The number of hydrogen-bond acceptors (Lipinski definition) is 4. The summed E-state index contributed by atoms with van der Waals surface area (Å²) in [5.41, 5.74) is 4.42. The molecule has 0 aromatic rings. The van der Waals surface area contributed by atoms with E-state index in [4.69, 9.17) is 15.2 Å². The molecule has 25 heavy (non-hydrogen) atoms. The van der Waals surface area contributed by atoms with Crippen LogP contribution in [0, 0.1) is 39.9 Å². The maximum Gasteiger partial charge on any atom is 0.407 e. The van der Waals surface area contributed by atoms with Crippen LogP contribution in [0.1, 0.15) is 46.5 Å². The Kier molecular flexibility index (Phi) is 2.62. The van der Waals surface area contributed by atoms with Crippen molar-refractivity contribution in [3.63, 3.8) is 0 Å². The number of carbonyl (C=O) groups is 2. The maximum absolute atomic E-state index is 13.5. The summed E-state index contributed by atoms with van der Waals surface area (Å²) in [6.07, 6.45) is 4.42. The minimum absolute atomic E-state index is 0.00964. The third-order valence-electron chi connectivity index (χ3n) is 9.05. The summed E-state index contributed by atoms with van der Waals surface area (Å²) in [5, 5.41) is 0. The van der Waals surface area contributed by atoms with Crippen molar-refractivity contribution >= 4 is 11.9 Å². The molecule has 2 N–H and O–H groups in total. The van der Waals surface area contributed by atoms with Gasteiger partial charge in [-0.25, -0.2) is 4.79 Å². The number of nitrogens with two attached hydrogens (primary N) is 1. The molecular formula is C20H27NO4. The largest absolute Gasteiger partial charge is 0.416 e. The molecule has 6 rings (SSSR count). The first kappa shape index (κ1) is 15.9. The summed E-state index contributed by atoms with van der Waals surface area (Å²) < 4.78 is 12.4. The number of ether oxygens (including phenoxy) is 2. The lowest BCUT2D eigenvalue weighted by Gasteiger charge is -2.63. The van der Waals surface area contributed by atoms with Gasteiger partial charge in [0, 0.05) is 23.7 Å². The molecule has 0 aromatic carbocycles. The van der Waals surface area contributed by atoms with Crippen LogP contribution in [0.15, 0.2) is 12.7 Å². The quantitative estimate of drug-likeness (QED) is 0.780. The second-order valence-electron chi connectivity index (χ2n) is 9.70. The van der Waals surface area contributed by atoms with Crippen LogP contribution in [0.3, 0.4) is 0 Å². The molecule has 1 spiro atoms. The zero-order chi connectivity index (χ0) is 18.0. The van der Waals surface area contributed by atoms with E-state index < -0.39 is 17.3 Å². The van der Waals surface area contributed by atoms with Gasteiger partial charge < -0.3 is 15.2 Å². The third kappa shape index (κ3) is 1.38. The highest BCUT2D eigenvalue weighted by atomic mass is 16.7. The lowest BCUT2D eigenvalue weighted by Crippen LogP contribution is -2.67. The molecule has 6 aliphatic rings. The SMILES string of the molecule is C=C[C@]1(C)C[C@@]2(OC(N)=O)O[C@@H]3C4C[C@@]5(CC[C@@H](C)[C@]2(C)[C@@H]35)[C@@H]4C1=O. The third-order valence-corrected chi connectivity index (χ3v) is 9.05. The van der Waals surface area contributed by atoms with Crippen molar-refractivity contribution in [3.05, 3.63) is 12.7 Å². The first-order valence-corrected chi connectivity index (χ1v) is 9.49. The fourth-order valence-electron chi connectivity index (χ4n) is 7.83. The molecule has 4 aliphatic carbocycles. The molecule has 5 heteroatoms. The van der Waals surface area contributed by atoms with E-state index >= 15 is 0 Å². The summed E-state index contributed by atoms with van der Waals surface area (Å²) >= 11 is 0. The van der Waals surface area contributed by atoms with Gasteiger partial charge in [0.1, 0.15) is 5.78 Å². The van der Waals surface area contributed by atoms with Crippen LogP contribution >= 0.6 is 0 Å². The Morgan fingerprint density at radius 1 is 1.44 bits per heavy atom. The number of primary amides is 1. The topological polar surface area (TPSA) is 78.6 Å². The first-order valence-electron chi connectivity index (χ1n) is 9.49. The van der Waals surface area contributed by atoms with Crippen molar-refractivity contribution in [2.45, 2.75) is 58.3 Å². The Hall–Kier alpha value is -1.36. The van der Waals surface area contributed by atoms with Crippen molar-refractivity contribution in [3.8, 4) is 0 Å². The minimum atomic E-state index is -1.14. The van der Waals surface area contributed by atoms with Crippen molar-refractivity contribution in [2.75, 3.05) is 0 Å². The van der Waals surface area contributed by atoms with Gasteiger partial charge in [0.2, 0.25) is 5.79 Å². The fraction of sp³-hybridized carbons (Fsp3) is 0.800. The lowest BCUT2D eigenvalue weighted by molar-refractivity contribution is -0.294. The molecule has 5 nitrogen and oxygen atoms in total. The zero-order valence-corrected chi connectivity index (χ0v) is 15.2. The Bertz CT molecular complexity index is 720. The van der Waals surface area contributed by atoms with Gasteiger partial charge in [0.15, 0.2) is 0 Å². The smallest absolute Gasteiger partial charge is 0.407 e. The van der Waals surface area contributed by atoms with Crippen LogP contribution in [0.25, 0.3) is 0 Å². The molecule has 2 heterocycles. The summed E-state index contributed by atoms with van der Waals surface area (Å²) in [7, 11) is 0. The molecule has 0 radical (unpaired) electrons. The van der Waals surface area contributed by atoms with E-state index in [0.717, 1.165) is 19.3 Å². The van der Waals surface area contributed by atoms with Crippen molar-refractivity contribution in [2.24, 2.45) is 45.7 Å². The van der Waals surface area contributed by atoms with E-state index in [1.807, 2.05) is 6.92 Å². The summed E-state index contributed by atoms with van der Waals surface area (Å²) in [6.45, 7) is 10.3. The molecule has 7 bridgehead atoms. The molecule has 1 unspecified atom stereocenters. The van der Waals surface area contributed by atoms with Crippen LogP contribution in [0.4, 0.5) is 4.79 Å². The second-order valence-corrected chi connectivity index (χ2v) is 9.70. The average Bonchev–Trinajstić information content (AvgIpc) is 3.07. The van der Waals surface area contributed by atoms with E-state index in [0.29, 0.717) is 12.3 Å². The highest BCUT2D eigenvalue weighted by molar-refractivity contribution is 5.91. The van der Waals surface area contributed by atoms with Crippen LogP contribution < -0.4 is 5.73 Å². The molecule has 0 aromatic heterocycles. The molecule has 9 atom stereocenters. The van der Waals surface area contributed by atoms with Gasteiger partial charge in [0.05, 0.1) is 11.5 Å². The van der Waals surface area contributed by atoms with E-state index in [9.17, 15) is 9.59 Å². The lowest BCUT2D eigenvalue weighted by atomic mass is 9.41. The highest BCUT2D eigenvalue weighted by Crippen LogP contribution is 2.83. The molecular weight excluding hydrogens is 318 g/mol. The Morgan fingerprint density at radius 2 is 2.16 bits per heavy atom. The predicted molar refractivity (Wildman–Crippen MR) is 90.2 cm³/mol. The molecule has 4 saturated carbocycles. The molecule has 2 saturated heterocycles. The fourth-order valence-corrected chi connectivity index (χ4v) is 7.83. The number of carbonyl (C=O) groups excluding carboxylic acids is 2. The number of hydrogen-bond donors (Lipinski definition) is 1. The summed E-state index contributed by atoms with van der Waals surface area (Å²) in [4.78, 5) is 25.4.